The average molecular weight is 222 g/mol. The fourth-order valence-corrected chi connectivity index (χ4v) is 1.52. The zero-order valence-electron chi connectivity index (χ0n) is 10.4. The zero-order chi connectivity index (χ0) is 12.0. The van der Waals surface area contributed by atoms with E-state index in [2.05, 4.69) is 25.2 Å². The molecule has 3 N–H and O–H groups in total. The molecule has 0 fully saturated rings. The highest BCUT2D eigenvalue weighted by atomic mass is 16.5. The molecular weight excluding hydrogens is 200 g/mol. The third kappa shape index (κ3) is 3.83. The molecule has 0 aliphatic rings. The van der Waals surface area contributed by atoms with Crippen LogP contribution in [0.3, 0.4) is 0 Å². The van der Waals surface area contributed by atoms with Crippen LogP contribution >= 0.6 is 0 Å². The lowest BCUT2D eigenvalue weighted by Gasteiger charge is -2.24. The molecule has 1 aromatic carbocycles. The van der Waals surface area contributed by atoms with E-state index in [9.17, 15) is 0 Å². The molecule has 90 valence electrons. The third-order valence-electron chi connectivity index (χ3n) is 2.70. The van der Waals surface area contributed by atoms with Gasteiger partial charge in [0.25, 0.3) is 0 Å². The van der Waals surface area contributed by atoms with Gasteiger partial charge in [-0.25, -0.2) is 0 Å². The number of rotatable bonds is 6. The van der Waals surface area contributed by atoms with Crippen LogP contribution in [0.15, 0.2) is 24.3 Å². The lowest BCUT2D eigenvalue weighted by Crippen LogP contribution is -2.46. The van der Waals surface area contributed by atoms with Gasteiger partial charge in [-0.05, 0) is 38.4 Å². The Labute approximate surface area is 98.0 Å². The highest BCUT2D eigenvalue weighted by Crippen LogP contribution is 2.17. The molecule has 0 atom stereocenters. The number of para-hydroxylation sites is 1. The van der Waals surface area contributed by atoms with E-state index in [4.69, 9.17) is 10.5 Å². The van der Waals surface area contributed by atoms with Crippen molar-refractivity contribution in [2.75, 3.05) is 20.2 Å². The van der Waals surface area contributed by atoms with Gasteiger partial charge in [-0.15, -0.1) is 0 Å². The van der Waals surface area contributed by atoms with Gasteiger partial charge in [0.15, 0.2) is 0 Å². The molecule has 0 unspecified atom stereocenters. The lowest BCUT2D eigenvalue weighted by molar-refractivity contribution is 0.392. The Balaban J connectivity index is 2.49. The van der Waals surface area contributed by atoms with Gasteiger partial charge in [0.2, 0.25) is 0 Å². The van der Waals surface area contributed by atoms with Crippen LogP contribution in [0.2, 0.25) is 0 Å². The van der Waals surface area contributed by atoms with E-state index in [0.717, 1.165) is 18.7 Å². The third-order valence-corrected chi connectivity index (χ3v) is 2.70. The number of nitrogens with one attached hydrogen (secondary N) is 1. The van der Waals surface area contributed by atoms with Gasteiger partial charge in [-0.1, -0.05) is 18.2 Å². The number of ether oxygens (including phenoxy) is 1. The number of nitrogens with two attached hydrogens (primary N) is 1. The number of hydrogen-bond acceptors (Lipinski definition) is 3. The number of methoxy groups -OCH3 is 1. The summed E-state index contributed by atoms with van der Waals surface area (Å²) in [4.78, 5) is 0. The molecule has 0 heterocycles. The molecule has 3 heteroatoms. The first-order valence-corrected chi connectivity index (χ1v) is 5.66. The van der Waals surface area contributed by atoms with Crippen LogP contribution in [-0.2, 0) is 6.42 Å². The Morgan fingerprint density at radius 1 is 1.31 bits per heavy atom. The summed E-state index contributed by atoms with van der Waals surface area (Å²) in [7, 11) is 1.70. The van der Waals surface area contributed by atoms with Crippen molar-refractivity contribution in [1.29, 1.82) is 0 Å². The maximum Gasteiger partial charge on any atom is 0.122 e. The predicted molar refractivity (Wildman–Crippen MR) is 67.8 cm³/mol. The summed E-state index contributed by atoms with van der Waals surface area (Å²) in [5.41, 5.74) is 6.88. The normalized spacial score (nSPS) is 11.5. The Morgan fingerprint density at radius 3 is 2.62 bits per heavy atom. The Kier molecular flexibility index (Phi) is 4.77. The van der Waals surface area contributed by atoms with Crippen molar-refractivity contribution < 1.29 is 4.74 Å². The summed E-state index contributed by atoms with van der Waals surface area (Å²) in [6.07, 6.45) is 0.952. The predicted octanol–water partition coefficient (Wildman–Crippen LogP) is 1.56. The van der Waals surface area contributed by atoms with Gasteiger partial charge >= 0.3 is 0 Å². The van der Waals surface area contributed by atoms with Gasteiger partial charge in [0.05, 0.1) is 7.11 Å². The van der Waals surface area contributed by atoms with E-state index in [1.165, 1.54) is 5.56 Å². The summed E-state index contributed by atoms with van der Waals surface area (Å²) in [6.45, 7) is 5.76. The maximum absolute atomic E-state index is 5.65. The van der Waals surface area contributed by atoms with Crippen LogP contribution in [0.5, 0.6) is 5.75 Å². The van der Waals surface area contributed by atoms with Crippen molar-refractivity contribution in [3.63, 3.8) is 0 Å². The van der Waals surface area contributed by atoms with Gasteiger partial charge in [0.1, 0.15) is 5.75 Å². The SMILES string of the molecule is COc1ccccc1CCNC(C)(C)CN. The molecule has 3 nitrogen and oxygen atoms in total. The second-order valence-corrected chi connectivity index (χ2v) is 4.58. The van der Waals surface area contributed by atoms with Gasteiger partial charge in [0, 0.05) is 12.1 Å². The molecule has 16 heavy (non-hydrogen) atoms. The second-order valence-electron chi connectivity index (χ2n) is 4.58. The molecule has 1 aromatic rings. The lowest BCUT2D eigenvalue weighted by atomic mass is 10.1. The minimum atomic E-state index is 0.00200. The number of benzene rings is 1. The van der Waals surface area contributed by atoms with Crippen LogP contribution in [0.25, 0.3) is 0 Å². The molecule has 0 aromatic heterocycles. The summed E-state index contributed by atoms with van der Waals surface area (Å²) in [6, 6.07) is 8.10. The van der Waals surface area contributed by atoms with E-state index in [1.54, 1.807) is 7.11 Å². The largest absolute Gasteiger partial charge is 0.496 e. The van der Waals surface area contributed by atoms with E-state index in [0.29, 0.717) is 6.54 Å². The fraction of sp³-hybridized carbons (Fsp3) is 0.538. The van der Waals surface area contributed by atoms with Crippen LogP contribution in [-0.4, -0.2) is 25.7 Å². The molecule has 0 radical (unpaired) electrons. The molecule has 1 rings (SSSR count). The number of hydrogen-bond donors (Lipinski definition) is 2. The standard InChI is InChI=1S/C13H22N2O/c1-13(2,10-14)15-9-8-11-6-4-5-7-12(11)16-3/h4-7,15H,8-10,14H2,1-3H3. The molecule has 0 aliphatic heterocycles. The molecule has 0 saturated heterocycles. The van der Waals surface area contributed by atoms with E-state index < -0.39 is 0 Å². The van der Waals surface area contributed by atoms with E-state index in [1.807, 2.05) is 18.2 Å². The van der Waals surface area contributed by atoms with E-state index >= 15 is 0 Å². The van der Waals surface area contributed by atoms with Gasteiger partial charge < -0.3 is 15.8 Å². The molecular formula is C13H22N2O. The molecule has 0 saturated carbocycles. The minimum absolute atomic E-state index is 0.00200. The highest BCUT2D eigenvalue weighted by molar-refractivity contribution is 5.33. The Morgan fingerprint density at radius 2 is 2.00 bits per heavy atom. The second kappa shape index (κ2) is 5.87. The van der Waals surface area contributed by atoms with Gasteiger partial charge in [-0.3, -0.25) is 0 Å². The van der Waals surface area contributed by atoms with Crippen molar-refractivity contribution in [2.45, 2.75) is 25.8 Å². The smallest absolute Gasteiger partial charge is 0.122 e. The Hall–Kier alpha value is -1.06. The van der Waals surface area contributed by atoms with E-state index in [-0.39, 0.29) is 5.54 Å². The minimum Gasteiger partial charge on any atom is -0.496 e. The van der Waals surface area contributed by atoms with Crippen LogP contribution in [0.4, 0.5) is 0 Å². The van der Waals surface area contributed by atoms with Crippen molar-refractivity contribution in [2.24, 2.45) is 5.73 Å². The first kappa shape index (κ1) is 13.0. The molecule has 0 amide bonds. The average Bonchev–Trinajstić information content (AvgIpc) is 2.29. The maximum atomic E-state index is 5.65. The summed E-state index contributed by atoms with van der Waals surface area (Å²) in [5.74, 6) is 0.954. The Bertz CT molecular complexity index is 323. The molecule has 0 aliphatic carbocycles. The van der Waals surface area contributed by atoms with Crippen LogP contribution in [0.1, 0.15) is 19.4 Å². The van der Waals surface area contributed by atoms with Crippen molar-refractivity contribution >= 4 is 0 Å². The topological polar surface area (TPSA) is 47.3 Å². The quantitative estimate of drug-likeness (QED) is 0.768. The molecule has 0 spiro atoms. The fourth-order valence-electron chi connectivity index (χ4n) is 1.52. The van der Waals surface area contributed by atoms with Crippen molar-refractivity contribution in [3.8, 4) is 5.75 Å². The van der Waals surface area contributed by atoms with Crippen LogP contribution < -0.4 is 15.8 Å². The molecule has 0 bridgehead atoms. The first-order chi connectivity index (χ1) is 7.59. The van der Waals surface area contributed by atoms with Gasteiger partial charge in [-0.2, -0.15) is 0 Å². The summed E-state index contributed by atoms with van der Waals surface area (Å²) in [5, 5.41) is 3.43. The monoisotopic (exact) mass is 222 g/mol. The summed E-state index contributed by atoms with van der Waals surface area (Å²) < 4.78 is 5.30. The zero-order valence-corrected chi connectivity index (χ0v) is 10.4. The van der Waals surface area contributed by atoms with Crippen molar-refractivity contribution in [1.82, 2.24) is 5.32 Å². The van der Waals surface area contributed by atoms with Crippen molar-refractivity contribution in [3.05, 3.63) is 29.8 Å². The first-order valence-electron chi connectivity index (χ1n) is 5.66. The van der Waals surface area contributed by atoms with Crippen LogP contribution in [0, 0.1) is 0 Å². The highest BCUT2D eigenvalue weighted by Gasteiger charge is 2.13. The summed E-state index contributed by atoms with van der Waals surface area (Å²) >= 11 is 0.